The first kappa shape index (κ1) is 11.9. The summed E-state index contributed by atoms with van der Waals surface area (Å²) < 4.78 is 5.70. The van der Waals surface area contributed by atoms with Gasteiger partial charge >= 0.3 is 0 Å². The molecule has 1 atom stereocenters. The van der Waals surface area contributed by atoms with E-state index >= 15 is 0 Å². The summed E-state index contributed by atoms with van der Waals surface area (Å²) in [6, 6.07) is 9.65. The van der Waals surface area contributed by atoms with Crippen LogP contribution >= 0.6 is 0 Å². The summed E-state index contributed by atoms with van der Waals surface area (Å²) in [5, 5.41) is 11.6. The molecule has 0 aliphatic rings. The van der Waals surface area contributed by atoms with Gasteiger partial charge in [0.05, 0.1) is 0 Å². The number of aliphatic hydroxyl groups excluding tert-OH is 1. The van der Waals surface area contributed by atoms with Gasteiger partial charge in [-0.1, -0.05) is 18.2 Å². The summed E-state index contributed by atoms with van der Waals surface area (Å²) in [6.45, 7) is 3.85. The highest BCUT2D eigenvalue weighted by Crippen LogP contribution is 2.34. The molecule has 96 valence electrons. The lowest BCUT2D eigenvalue weighted by Crippen LogP contribution is -2.03. The van der Waals surface area contributed by atoms with Gasteiger partial charge < -0.3 is 9.52 Å². The maximum atomic E-state index is 10.6. The Labute approximate surface area is 111 Å². The molecule has 0 saturated carbocycles. The van der Waals surface area contributed by atoms with Gasteiger partial charge in [-0.05, 0) is 31.5 Å². The van der Waals surface area contributed by atoms with Gasteiger partial charge in [0, 0.05) is 28.9 Å². The molecule has 3 rings (SSSR count). The molecule has 0 radical (unpaired) electrons. The fraction of sp³-hybridized carbons (Fsp3) is 0.188. The van der Waals surface area contributed by atoms with Crippen molar-refractivity contribution in [3.63, 3.8) is 0 Å². The summed E-state index contributed by atoms with van der Waals surface area (Å²) in [5.41, 5.74) is 3.46. The predicted octanol–water partition coefficient (Wildman–Crippen LogP) is 3.53. The Bertz CT molecular complexity index is 730. The van der Waals surface area contributed by atoms with Crippen LogP contribution in [0.3, 0.4) is 0 Å². The summed E-state index contributed by atoms with van der Waals surface area (Å²) in [4.78, 5) is 4.10. The number of aliphatic hydroxyl groups is 1. The normalized spacial score (nSPS) is 12.8. The Morgan fingerprint density at radius 1 is 1.16 bits per heavy atom. The lowest BCUT2D eigenvalue weighted by molar-refractivity contribution is 0.218. The van der Waals surface area contributed by atoms with Gasteiger partial charge in [0.1, 0.15) is 17.4 Å². The molecule has 19 heavy (non-hydrogen) atoms. The van der Waals surface area contributed by atoms with Gasteiger partial charge in [-0.25, -0.2) is 0 Å². The molecule has 0 fully saturated rings. The Balaban J connectivity index is 2.19. The quantitative estimate of drug-likeness (QED) is 0.760. The molecule has 0 bridgehead atoms. The molecule has 2 heterocycles. The average Bonchev–Trinajstić information content (AvgIpc) is 2.74. The number of hydrogen-bond acceptors (Lipinski definition) is 3. The maximum absolute atomic E-state index is 10.6. The smallest absolute Gasteiger partial charge is 0.134 e. The third-order valence-electron chi connectivity index (χ3n) is 3.47. The van der Waals surface area contributed by atoms with Gasteiger partial charge in [-0.15, -0.1) is 0 Å². The largest absolute Gasteiger partial charge is 0.461 e. The Hall–Kier alpha value is -2.13. The van der Waals surface area contributed by atoms with Crippen molar-refractivity contribution < 1.29 is 9.52 Å². The molecule has 3 heteroatoms. The van der Waals surface area contributed by atoms with Crippen molar-refractivity contribution in [3.8, 4) is 0 Å². The van der Waals surface area contributed by atoms with Crippen LogP contribution in [-0.4, -0.2) is 10.1 Å². The van der Waals surface area contributed by atoms with Crippen LogP contribution in [0.15, 0.2) is 47.1 Å². The Kier molecular flexibility index (Phi) is 2.84. The van der Waals surface area contributed by atoms with E-state index in [0.717, 1.165) is 33.4 Å². The van der Waals surface area contributed by atoms with Gasteiger partial charge in [-0.2, -0.15) is 0 Å². The van der Waals surface area contributed by atoms with Crippen molar-refractivity contribution in [1.29, 1.82) is 0 Å². The minimum Gasteiger partial charge on any atom is -0.461 e. The fourth-order valence-electron chi connectivity index (χ4n) is 2.45. The van der Waals surface area contributed by atoms with E-state index in [2.05, 4.69) is 4.98 Å². The number of aromatic nitrogens is 1. The van der Waals surface area contributed by atoms with Gasteiger partial charge in [0.25, 0.3) is 0 Å². The van der Waals surface area contributed by atoms with E-state index in [0.29, 0.717) is 0 Å². The molecule has 1 aromatic carbocycles. The number of nitrogens with zero attached hydrogens (tertiary/aromatic N) is 1. The van der Waals surface area contributed by atoms with Crippen molar-refractivity contribution in [2.75, 3.05) is 0 Å². The fourth-order valence-corrected chi connectivity index (χ4v) is 2.45. The molecule has 2 aromatic heterocycles. The van der Waals surface area contributed by atoms with Crippen LogP contribution in [-0.2, 0) is 0 Å². The molecular formula is C16H15NO2. The number of rotatable bonds is 2. The first-order valence-electron chi connectivity index (χ1n) is 6.25. The number of para-hydroxylation sites is 1. The van der Waals surface area contributed by atoms with E-state index in [9.17, 15) is 5.11 Å². The summed E-state index contributed by atoms with van der Waals surface area (Å²) >= 11 is 0. The second-order valence-electron chi connectivity index (χ2n) is 4.70. The molecule has 3 aromatic rings. The second kappa shape index (κ2) is 4.52. The molecule has 0 saturated heterocycles. The molecule has 0 spiro atoms. The van der Waals surface area contributed by atoms with Crippen molar-refractivity contribution in [2.45, 2.75) is 20.0 Å². The van der Waals surface area contributed by atoms with Crippen molar-refractivity contribution in [3.05, 3.63) is 65.2 Å². The number of hydrogen-bond donors (Lipinski definition) is 1. The molecular weight excluding hydrogens is 238 g/mol. The minimum absolute atomic E-state index is 0.711. The summed E-state index contributed by atoms with van der Waals surface area (Å²) in [6.07, 6.45) is 2.73. The third-order valence-corrected chi connectivity index (χ3v) is 3.47. The van der Waals surface area contributed by atoms with E-state index in [1.54, 1.807) is 12.4 Å². The summed E-state index contributed by atoms with van der Waals surface area (Å²) in [5.74, 6) is 0.747. The molecule has 1 unspecified atom stereocenters. The number of fused-ring (bicyclic) bond motifs is 1. The standard InChI is InChI=1S/C16H15NO2/c1-10-7-8-17-9-13(10)16(18)15-11(2)19-14-6-4-3-5-12(14)15/h3-9,16,18H,1-2H3. The highest BCUT2D eigenvalue weighted by atomic mass is 16.3. The van der Waals surface area contributed by atoms with Crippen LogP contribution in [0.2, 0.25) is 0 Å². The van der Waals surface area contributed by atoms with Gasteiger partial charge in [0.15, 0.2) is 0 Å². The van der Waals surface area contributed by atoms with E-state index in [-0.39, 0.29) is 0 Å². The SMILES string of the molecule is Cc1ccncc1C(O)c1c(C)oc2ccccc12. The van der Waals surface area contributed by atoms with Crippen LogP contribution in [0.4, 0.5) is 0 Å². The summed E-state index contributed by atoms with van der Waals surface area (Å²) in [7, 11) is 0. The van der Waals surface area contributed by atoms with Crippen molar-refractivity contribution >= 4 is 11.0 Å². The van der Waals surface area contributed by atoms with Crippen molar-refractivity contribution in [1.82, 2.24) is 4.98 Å². The lowest BCUT2D eigenvalue weighted by atomic mass is 9.97. The van der Waals surface area contributed by atoms with Crippen LogP contribution < -0.4 is 0 Å². The van der Waals surface area contributed by atoms with E-state index < -0.39 is 6.10 Å². The number of aryl methyl sites for hydroxylation is 2. The first-order valence-corrected chi connectivity index (χ1v) is 6.25. The monoisotopic (exact) mass is 253 g/mol. The Morgan fingerprint density at radius 2 is 1.95 bits per heavy atom. The van der Waals surface area contributed by atoms with E-state index in [4.69, 9.17) is 4.42 Å². The minimum atomic E-state index is -0.711. The highest BCUT2D eigenvalue weighted by molar-refractivity contribution is 5.83. The van der Waals surface area contributed by atoms with Gasteiger partial charge in [-0.3, -0.25) is 4.98 Å². The average molecular weight is 253 g/mol. The maximum Gasteiger partial charge on any atom is 0.134 e. The highest BCUT2D eigenvalue weighted by Gasteiger charge is 2.21. The molecule has 0 amide bonds. The third kappa shape index (κ3) is 1.92. The van der Waals surface area contributed by atoms with E-state index in [1.807, 2.05) is 44.2 Å². The van der Waals surface area contributed by atoms with Crippen LogP contribution in [0.25, 0.3) is 11.0 Å². The molecule has 0 aliphatic heterocycles. The lowest BCUT2D eigenvalue weighted by Gasteiger charge is -2.13. The zero-order valence-electron chi connectivity index (χ0n) is 10.9. The first-order chi connectivity index (χ1) is 9.18. The van der Waals surface area contributed by atoms with E-state index in [1.165, 1.54) is 0 Å². The van der Waals surface area contributed by atoms with Crippen LogP contribution in [0, 0.1) is 13.8 Å². The predicted molar refractivity (Wildman–Crippen MR) is 74.0 cm³/mol. The zero-order chi connectivity index (χ0) is 13.4. The Morgan fingerprint density at radius 3 is 2.74 bits per heavy atom. The molecule has 3 nitrogen and oxygen atoms in total. The number of benzene rings is 1. The van der Waals surface area contributed by atoms with Crippen LogP contribution in [0.1, 0.15) is 28.6 Å². The number of pyridine rings is 1. The van der Waals surface area contributed by atoms with Crippen molar-refractivity contribution in [2.24, 2.45) is 0 Å². The van der Waals surface area contributed by atoms with Gasteiger partial charge in [0.2, 0.25) is 0 Å². The second-order valence-corrected chi connectivity index (χ2v) is 4.70. The number of furan rings is 1. The topological polar surface area (TPSA) is 46.3 Å². The molecule has 1 N–H and O–H groups in total. The van der Waals surface area contributed by atoms with Crippen LogP contribution in [0.5, 0.6) is 0 Å². The molecule has 0 aliphatic carbocycles. The zero-order valence-corrected chi connectivity index (χ0v) is 10.9.